The molecule has 0 aliphatic rings. The molecule has 0 radical (unpaired) electrons. The number of carbonyl (C=O) groups excluding carboxylic acids is 4. The van der Waals surface area contributed by atoms with Crippen LogP contribution >= 0.6 is 0 Å². The van der Waals surface area contributed by atoms with Crippen molar-refractivity contribution < 1.29 is 19.2 Å². The van der Waals surface area contributed by atoms with Crippen LogP contribution in [0.4, 0.5) is 5.69 Å². The number of benzene rings is 1. The quantitative estimate of drug-likeness (QED) is 0.570. The van der Waals surface area contributed by atoms with Crippen molar-refractivity contribution in [2.24, 2.45) is 0 Å². The molecule has 2 amide bonds. The molecule has 0 heterocycles. The van der Waals surface area contributed by atoms with Gasteiger partial charge in [-0.25, -0.2) is 0 Å². The number of hydrogen-bond acceptors (Lipinski definition) is 4. The lowest BCUT2D eigenvalue weighted by Crippen LogP contribution is -2.30. The lowest BCUT2D eigenvalue weighted by molar-refractivity contribution is -0.131. The van der Waals surface area contributed by atoms with Gasteiger partial charge in [0.1, 0.15) is 11.6 Å². The molecule has 0 fully saturated rings. The SMILES string of the molecule is CCN(CC)C(=O)CCCC(=O)Nc1ccc(CCC(=O)CC(C)=O)cc1. The molecule has 0 aliphatic carbocycles. The average Bonchev–Trinajstić information content (AvgIpc) is 2.61. The van der Waals surface area contributed by atoms with Crippen LogP contribution in [0.3, 0.4) is 0 Å². The minimum Gasteiger partial charge on any atom is -0.343 e. The third-order valence-corrected chi connectivity index (χ3v) is 4.29. The van der Waals surface area contributed by atoms with E-state index in [0.717, 1.165) is 5.56 Å². The van der Waals surface area contributed by atoms with Crippen LogP contribution in [0, 0.1) is 0 Å². The molecule has 1 aromatic carbocycles. The molecule has 0 bridgehead atoms. The zero-order valence-corrected chi connectivity index (χ0v) is 16.5. The summed E-state index contributed by atoms with van der Waals surface area (Å²) in [6, 6.07) is 7.31. The van der Waals surface area contributed by atoms with Crippen LogP contribution in [0.25, 0.3) is 0 Å². The highest BCUT2D eigenvalue weighted by molar-refractivity contribution is 5.98. The van der Waals surface area contributed by atoms with E-state index in [9.17, 15) is 19.2 Å². The molecule has 1 N–H and O–H groups in total. The minimum atomic E-state index is -0.119. The lowest BCUT2D eigenvalue weighted by atomic mass is 10.0. The second-order valence-corrected chi connectivity index (χ2v) is 6.58. The summed E-state index contributed by atoms with van der Waals surface area (Å²) >= 11 is 0. The van der Waals surface area contributed by atoms with Crippen molar-refractivity contribution in [2.45, 2.75) is 59.3 Å². The van der Waals surface area contributed by atoms with E-state index in [-0.39, 0.29) is 29.8 Å². The zero-order valence-electron chi connectivity index (χ0n) is 16.5. The van der Waals surface area contributed by atoms with Crippen LogP contribution in [-0.4, -0.2) is 41.4 Å². The summed E-state index contributed by atoms with van der Waals surface area (Å²) in [5, 5.41) is 2.82. The Morgan fingerprint density at radius 3 is 2.11 bits per heavy atom. The van der Waals surface area contributed by atoms with Gasteiger partial charge in [0.15, 0.2) is 0 Å². The number of amides is 2. The van der Waals surface area contributed by atoms with Gasteiger partial charge in [-0.1, -0.05) is 12.1 Å². The summed E-state index contributed by atoms with van der Waals surface area (Å²) in [6.45, 7) is 6.67. The maximum atomic E-state index is 12.0. The van der Waals surface area contributed by atoms with E-state index in [1.807, 2.05) is 26.0 Å². The Bertz CT molecular complexity index is 649. The molecular weight excluding hydrogens is 344 g/mol. The second-order valence-electron chi connectivity index (χ2n) is 6.58. The summed E-state index contributed by atoms with van der Waals surface area (Å²) in [7, 11) is 0. The minimum absolute atomic E-state index is 0.00901. The van der Waals surface area contributed by atoms with E-state index < -0.39 is 0 Å². The summed E-state index contributed by atoms with van der Waals surface area (Å²) < 4.78 is 0. The molecule has 1 aromatic rings. The molecule has 0 aliphatic heterocycles. The number of anilines is 1. The Balaban J connectivity index is 2.35. The Labute approximate surface area is 161 Å². The second kappa shape index (κ2) is 12.0. The van der Waals surface area contributed by atoms with Crippen LogP contribution in [0.1, 0.15) is 58.4 Å². The third-order valence-electron chi connectivity index (χ3n) is 4.29. The fourth-order valence-electron chi connectivity index (χ4n) is 2.76. The van der Waals surface area contributed by atoms with Gasteiger partial charge in [0.05, 0.1) is 6.42 Å². The molecule has 0 saturated carbocycles. The molecule has 0 atom stereocenters. The van der Waals surface area contributed by atoms with Crippen LogP contribution in [-0.2, 0) is 25.6 Å². The van der Waals surface area contributed by atoms with Crippen LogP contribution < -0.4 is 5.32 Å². The number of Topliss-reactive ketones (excluding diaryl/α,β-unsaturated/α-hetero) is 2. The highest BCUT2D eigenvalue weighted by atomic mass is 16.2. The molecule has 0 unspecified atom stereocenters. The van der Waals surface area contributed by atoms with E-state index in [2.05, 4.69) is 5.32 Å². The number of aryl methyl sites for hydroxylation is 1. The normalized spacial score (nSPS) is 10.3. The molecular formula is C21H30N2O4. The van der Waals surface area contributed by atoms with E-state index in [1.54, 1.807) is 17.0 Å². The van der Waals surface area contributed by atoms with Crippen molar-refractivity contribution in [2.75, 3.05) is 18.4 Å². The lowest BCUT2D eigenvalue weighted by Gasteiger charge is -2.18. The van der Waals surface area contributed by atoms with Crippen molar-refractivity contribution in [1.82, 2.24) is 4.90 Å². The Hall–Kier alpha value is -2.50. The first-order chi connectivity index (χ1) is 12.8. The summed E-state index contributed by atoms with van der Waals surface area (Å²) in [5.74, 6) is -0.209. The summed E-state index contributed by atoms with van der Waals surface area (Å²) in [6.07, 6.45) is 2.11. The number of ketones is 2. The molecule has 0 aromatic heterocycles. The first-order valence-corrected chi connectivity index (χ1v) is 9.53. The maximum absolute atomic E-state index is 12.0. The van der Waals surface area contributed by atoms with Gasteiger partial charge >= 0.3 is 0 Å². The number of nitrogens with one attached hydrogen (secondary N) is 1. The van der Waals surface area contributed by atoms with Gasteiger partial charge in [-0.2, -0.15) is 0 Å². The topological polar surface area (TPSA) is 83.6 Å². The van der Waals surface area contributed by atoms with E-state index in [4.69, 9.17) is 0 Å². The summed E-state index contributed by atoms with van der Waals surface area (Å²) in [5.41, 5.74) is 1.67. The Morgan fingerprint density at radius 1 is 0.926 bits per heavy atom. The van der Waals surface area contributed by atoms with Crippen LogP contribution in [0.5, 0.6) is 0 Å². The largest absolute Gasteiger partial charge is 0.343 e. The van der Waals surface area contributed by atoms with Gasteiger partial charge in [0, 0.05) is 38.0 Å². The first-order valence-electron chi connectivity index (χ1n) is 9.53. The molecule has 6 nitrogen and oxygen atoms in total. The summed E-state index contributed by atoms with van der Waals surface area (Å²) in [4.78, 5) is 48.1. The van der Waals surface area contributed by atoms with Crippen molar-refractivity contribution in [3.63, 3.8) is 0 Å². The van der Waals surface area contributed by atoms with Crippen LogP contribution in [0.2, 0.25) is 0 Å². The molecule has 1 rings (SSSR count). The van der Waals surface area contributed by atoms with E-state index in [0.29, 0.717) is 50.9 Å². The monoisotopic (exact) mass is 374 g/mol. The fourth-order valence-corrected chi connectivity index (χ4v) is 2.76. The van der Waals surface area contributed by atoms with Crippen LogP contribution in [0.15, 0.2) is 24.3 Å². The third kappa shape index (κ3) is 9.13. The van der Waals surface area contributed by atoms with E-state index in [1.165, 1.54) is 6.92 Å². The van der Waals surface area contributed by atoms with Gasteiger partial charge in [-0.05, 0) is 51.3 Å². The Morgan fingerprint density at radius 2 is 1.56 bits per heavy atom. The van der Waals surface area contributed by atoms with Gasteiger partial charge in [0.25, 0.3) is 0 Å². The number of nitrogens with zero attached hydrogens (tertiary/aromatic N) is 1. The first kappa shape index (κ1) is 22.5. The van der Waals surface area contributed by atoms with Crippen molar-refractivity contribution in [1.29, 1.82) is 0 Å². The van der Waals surface area contributed by atoms with Crippen molar-refractivity contribution in [3.8, 4) is 0 Å². The number of rotatable bonds is 12. The molecule has 0 spiro atoms. The average molecular weight is 374 g/mol. The van der Waals surface area contributed by atoms with Gasteiger partial charge < -0.3 is 10.2 Å². The molecule has 27 heavy (non-hydrogen) atoms. The fraction of sp³-hybridized carbons (Fsp3) is 0.524. The predicted molar refractivity (Wildman–Crippen MR) is 105 cm³/mol. The van der Waals surface area contributed by atoms with Gasteiger partial charge in [-0.3, -0.25) is 19.2 Å². The molecule has 148 valence electrons. The van der Waals surface area contributed by atoms with Crippen molar-refractivity contribution >= 4 is 29.1 Å². The zero-order chi connectivity index (χ0) is 20.2. The van der Waals surface area contributed by atoms with Gasteiger partial charge in [-0.15, -0.1) is 0 Å². The molecule has 0 saturated heterocycles. The standard InChI is InChI=1S/C21H30N2O4/c1-4-23(5-2)21(27)8-6-7-20(26)22-18-12-9-17(10-13-18)11-14-19(25)15-16(3)24/h9-10,12-13H,4-8,11,14-15H2,1-3H3,(H,22,26). The highest BCUT2D eigenvalue weighted by Gasteiger charge is 2.11. The number of hydrogen-bond donors (Lipinski definition) is 1. The van der Waals surface area contributed by atoms with E-state index >= 15 is 0 Å². The van der Waals surface area contributed by atoms with Crippen molar-refractivity contribution in [3.05, 3.63) is 29.8 Å². The van der Waals surface area contributed by atoms with Gasteiger partial charge in [0.2, 0.25) is 11.8 Å². The smallest absolute Gasteiger partial charge is 0.224 e. The molecule has 6 heteroatoms. The predicted octanol–water partition coefficient (Wildman–Crippen LogP) is 3.14. The highest BCUT2D eigenvalue weighted by Crippen LogP contribution is 2.13. The maximum Gasteiger partial charge on any atom is 0.224 e. The number of carbonyl (C=O) groups is 4. The Kier molecular flexibility index (Phi) is 10.0.